The zero-order chi connectivity index (χ0) is 22.8. The molecule has 8 nitrogen and oxygen atoms in total. The lowest BCUT2D eigenvalue weighted by Crippen LogP contribution is -2.48. The van der Waals surface area contributed by atoms with E-state index >= 15 is 0 Å². The van der Waals surface area contributed by atoms with Crippen LogP contribution in [0.15, 0.2) is 35.7 Å². The number of carbonyl (C=O) groups is 1. The average Bonchev–Trinajstić information content (AvgIpc) is 3.34. The standard InChI is InChI=1S/C22H24FN5O3S/c1-15-21(28(30)31)16(2)27(24-15)13-18-11-20(32-14-18)22(29)26-9-7-25(8-10-26)12-17-3-5-19(23)6-4-17/h3-6,11,14H,7-10,12-13H2,1-2H3. The van der Waals surface area contributed by atoms with E-state index in [2.05, 4.69) is 10.00 Å². The molecule has 0 aliphatic carbocycles. The zero-order valence-corrected chi connectivity index (χ0v) is 18.8. The van der Waals surface area contributed by atoms with Crippen LogP contribution in [0.1, 0.15) is 32.2 Å². The lowest BCUT2D eigenvalue weighted by Gasteiger charge is -2.34. The Morgan fingerprint density at radius 2 is 1.81 bits per heavy atom. The fraction of sp³-hybridized carbons (Fsp3) is 0.364. The van der Waals surface area contributed by atoms with Crippen molar-refractivity contribution in [2.75, 3.05) is 26.2 Å². The summed E-state index contributed by atoms with van der Waals surface area (Å²) in [5.74, 6) is -0.238. The number of amides is 1. The molecule has 32 heavy (non-hydrogen) atoms. The Kier molecular flexibility index (Phi) is 6.33. The minimum Gasteiger partial charge on any atom is -0.335 e. The van der Waals surface area contributed by atoms with Gasteiger partial charge in [0.15, 0.2) is 0 Å². The van der Waals surface area contributed by atoms with Crippen molar-refractivity contribution < 1.29 is 14.1 Å². The molecule has 1 aliphatic heterocycles. The van der Waals surface area contributed by atoms with E-state index in [1.807, 2.05) is 16.3 Å². The summed E-state index contributed by atoms with van der Waals surface area (Å²) >= 11 is 1.38. The number of hydrogen-bond acceptors (Lipinski definition) is 6. The molecule has 1 saturated heterocycles. The molecule has 10 heteroatoms. The highest BCUT2D eigenvalue weighted by atomic mass is 32.1. The van der Waals surface area contributed by atoms with E-state index in [9.17, 15) is 19.3 Å². The van der Waals surface area contributed by atoms with Gasteiger partial charge in [0.25, 0.3) is 5.91 Å². The average molecular weight is 458 g/mol. The van der Waals surface area contributed by atoms with Gasteiger partial charge < -0.3 is 4.90 Å². The van der Waals surface area contributed by atoms with Crippen LogP contribution in [0.3, 0.4) is 0 Å². The number of nitro groups is 1. The summed E-state index contributed by atoms with van der Waals surface area (Å²) in [5.41, 5.74) is 2.88. The van der Waals surface area contributed by atoms with Crippen molar-refractivity contribution in [1.82, 2.24) is 19.6 Å². The molecule has 1 amide bonds. The van der Waals surface area contributed by atoms with Gasteiger partial charge in [-0.1, -0.05) is 12.1 Å². The lowest BCUT2D eigenvalue weighted by atomic mass is 10.2. The van der Waals surface area contributed by atoms with Crippen LogP contribution in [0.25, 0.3) is 0 Å². The SMILES string of the molecule is Cc1nn(Cc2csc(C(=O)N3CCN(Cc4ccc(F)cc4)CC3)c2)c(C)c1[N+](=O)[O-]. The molecule has 0 N–H and O–H groups in total. The Hall–Kier alpha value is -3.11. The number of aromatic nitrogens is 2. The zero-order valence-electron chi connectivity index (χ0n) is 18.0. The van der Waals surface area contributed by atoms with Gasteiger partial charge in [-0.25, -0.2) is 4.39 Å². The number of aryl methyl sites for hydroxylation is 1. The molecule has 1 aromatic carbocycles. The minimum atomic E-state index is -0.410. The predicted octanol–water partition coefficient (Wildman–Crippen LogP) is 3.62. The van der Waals surface area contributed by atoms with Crippen molar-refractivity contribution >= 4 is 22.9 Å². The molecule has 3 heterocycles. The second-order valence-electron chi connectivity index (χ2n) is 7.95. The highest BCUT2D eigenvalue weighted by Gasteiger charge is 2.25. The maximum atomic E-state index is 13.1. The van der Waals surface area contributed by atoms with Crippen molar-refractivity contribution in [3.05, 3.63) is 79.0 Å². The maximum Gasteiger partial charge on any atom is 0.312 e. The number of nitrogens with zero attached hydrogens (tertiary/aromatic N) is 5. The topological polar surface area (TPSA) is 84.5 Å². The first-order valence-electron chi connectivity index (χ1n) is 10.3. The third-order valence-electron chi connectivity index (χ3n) is 5.70. The smallest absolute Gasteiger partial charge is 0.312 e. The van der Waals surface area contributed by atoms with E-state index in [1.54, 1.807) is 30.7 Å². The van der Waals surface area contributed by atoms with Crippen molar-refractivity contribution in [2.24, 2.45) is 0 Å². The van der Waals surface area contributed by atoms with Gasteiger partial charge in [-0.2, -0.15) is 5.10 Å². The number of benzene rings is 1. The maximum absolute atomic E-state index is 13.1. The van der Waals surface area contributed by atoms with Gasteiger partial charge in [0.05, 0.1) is 16.3 Å². The summed E-state index contributed by atoms with van der Waals surface area (Å²) < 4.78 is 14.7. The van der Waals surface area contributed by atoms with E-state index < -0.39 is 4.92 Å². The third kappa shape index (κ3) is 4.71. The van der Waals surface area contributed by atoms with Crippen LogP contribution in [-0.4, -0.2) is 56.6 Å². The molecule has 0 unspecified atom stereocenters. The van der Waals surface area contributed by atoms with Crippen molar-refractivity contribution in [2.45, 2.75) is 26.9 Å². The molecule has 0 saturated carbocycles. The summed E-state index contributed by atoms with van der Waals surface area (Å²) in [5, 5.41) is 17.4. The third-order valence-corrected chi connectivity index (χ3v) is 6.67. The van der Waals surface area contributed by atoms with Crippen LogP contribution in [0.5, 0.6) is 0 Å². The number of halogens is 1. The summed E-state index contributed by atoms with van der Waals surface area (Å²) in [7, 11) is 0. The molecule has 3 aromatic rings. The van der Waals surface area contributed by atoms with Crippen molar-refractivity contribution in [1.29, 1.82) is 0 Å². The second-order valence-corrected chi connectivity index (χ2v) is 8.86. The van der Waals surface area contributed by atoms with Crippen LogP contribution in [0, 0.1) is 29.8 Å². The summed E-state index contributed by atoms with van der Waals surface area (Å²) in [6, 6.07) is 8.36. The Morgan fingerprint density at radius 1 is 1.12 bits per heavy atom. The van der Waals surface area contributed by atoms with Crippen LogP contribution in [0.2, 0.25) is 0 Å². The van der Waals surface area contributed by atoms with Crippen LogP contribution >= 0.6 is 11.3 Å². The first kappa shape index (κ1) is 22.1. The molecule has 168 valence electrons. The first-order chi connectivity index (χ1) is 15.3. The molecule has 1 fully saturated rings. The molecule has 0 spiro atoms. The highest BCUT2D eigenvalue weighted by Crippen LogP contribution is 2.24. The first-order valence-corrected chi connectivity index (χ1v) is 11.2. The predicted molar refractivity (Wildman–Crippen MR) is 119 cm³/mol. The van der Waals surface area contributed by atoms with Crippen molar-refractivity contribution in [3.63, 3.8) is 0 Å². The molecule has 0 bridgehead atoms. The summed E-state index contributed by atoms with van der Waals surface area (Å²) in [6.45, 7) is 7.22. The van der Waals surface area contributed by atoms with Crippen molar-refractivity contribution in [3.8, 4) is 0 Å². The summed E-state index contributed by atoms with van der Waals surface area (Å²) in [6.07, 6.45) is 0. The molecule has 4 rings (SSSR count). The molecular formula is C22H24FN5O3S. The van der Waals surface area contributed by atoms with E-state index in [4.69, 9.17) is 0 Å². The largest absolute Gasteiger partial charge is 0.335 e. The van der Waals surface area contributed by atoms with Gasteiger partial charge in [-0.3, -0.25) is 24.5 Å². The van der Waals surface area contributed by atoms with Gasteiger partial charge in [0, 0.05) is 32.7 Å². The molecule has 1 aliphatic rings. The van der Waals surface area contributed by atoms with Crippen LogP contribution < -0.4 is 0 Å². The van der Waals surface area contributed by atoms with E-state index in [1.165, 1.54) is 23.5 Å². The van der Waals surface area contributed by atoms with Crippen LogP contribution in [-0.2, 0) is 13.1 Å². The number of piperazine rings is 1. The number of carbonyl (C=O) groups excluding carboxylic acids is 1. The monoisotopic (exact) mass is 457 g/mol. The van der Waals surface area contributed by atoms with E-state index in [0.717, 1.165) is 30.8 Å². The fourth-order valence-electron chi connectivity index (χ4n) is 3.96. The van der Waals surface area contributed by atoms with Crippen LogP contribution in [0.4, 0.5) is 10.1 Å². The number of rotatable bonds is 6. The summed E-state index contributed by atoms with van der Waals surface area (Å²) in [4.78, 5) is 28.5. The number of hydrogen-bond donors (Lipinski definition) is 0. The molecule has 2 aromatic heterocycles. The Bertz CT molecular complexity index is 1130. The van der Waals surface area contributed by atoms with E-state index in [0.29, 0.717) is 35.9 Å². The number of thiophene rings is 1. The molecular weight excluding hydrogens is 433 g/mol. The van der Waals surface area contributed by atoms with Gasteiger partial charge in [0.1, 0.15) is 17.2 Å². The van der Waals surface area contributed by atoms with Gasteiger partial charge in [-0.15, -0.1) is 11.3 Å². The van der Waals surface area contributed by atoms with Gasteiger partial charge in [-0.05, 0) is 48.6 Å². The Morgan fingerprint density at radius 3 is 2.44 bits per heavy atom. The highest BCUT2D eigenvalue weighted by molar-refractivity contribution is 7.12. The normalized spacial score (nSPS) is 14.7. The lowest BCUT2D eigenvalue weighted by molar-refractivity contribution is -0.386. The minimum absolute atomic E-state index is 0.00188. The fourth-order valence-corrected chi connectivity index (χ4v) is 4.83. The quantitative estimate of drug-likeness (QED) is 0.417. The second kappa shape index (κ2) is 9.17. The molecule has 0 radical (unpaired) electrons. The van der Waals surface area contributed by atoms with Gasteiger partial charge >= 0.3 is 5.69 Å². The Labute approximate surface area is 189 Å². The van der Waals surface area contributed by atoms with Gasteiger partial charge in [0.2, 0.25) is 0 Å². The van der Waals surface area contributed by atoms with E-state index in [-0.39, 0.29) is 17.4 Å². The Balaban J connectivity index is 1.35. The molecule has 0 atom stereocenters.